The Balaban J connectivity index is 1.82. The molecule has 2 aromatic carbocycles. The molecule has 0 bridgehead atoms. The number of carbonyl (C=O) groups is 1. The van der Waals surface area contributed by atoms with E-state index in [9.17, 15) is 4.79 Å². The van der Waals surface area contributed by atoms with Crippen LogP contribution in [0.4, 0.5) is 0 Å². The summed E-state index contributed by atoms with van der Waals surface area (Å²) in [6.45, 7) is 4.45. The molecule has 0 saturated heterocycles. The summed E-state index contributed by atoms with van der Waals surface area (Å²) in [6, 6.07) is 14.6. The van der Waals surface area contributed by atoms with Crippen molar-refractivity contribution in [2.24, 2.45) is 0 Å². The Hall–Kier alpha value is -3.00. The van der Waals surface area contributed by atoms with Gasteiger partial charge < -0.3 is 14.8 Å². The van der Waals surface area contributed by atoms with Crippen LogP contribution >= 0.6 is 11.8 Å². The molecular weight excluding hydrogens is 388 g/mol. The van der Waals surface area contributed by atoms with Crippen LogP contribution in [0.1, 0.15) is 30.0 Å². The van der Waals surface area contributed by atoms with Gasteiger partial charge in [0, 0.05) is 16.5 Å². The number of nitrogens with one attached hydrogen (secondary N) is 1. The molecule has 29 heavy (non-hydrogen) atoms. The summed E-state index contributed by atoms with van der Waals surface area (Å²) in [5.74, 6) is 1.94. The standard InChI is InChI=1S/C21H24N4O3S/c1-14(2)29-21-24-23-19(25(21)16-7-11-18(28-4)12-8-16)13-22-20(26)15-5-9-17(27-3)10-6-15/h5-12,14H,13H2,1-4H3,(H,22,26). The molecule has 0 atom stereocenters. The monoisotopic (exact) mass is 412 g/mol. The van der Waals surface area contributed by atoms with Crippen LogP contribution in [0, 0.1) is 0 Å². The van der Waals surface area contributed by atoms with Crippen molar-refractivity contribution in [2.45, 2.75) is 30.8 Å². The molecule has 0 radical (unpaired) electrons. The summed E-state index contributed by atoms with van der Waals surface area (Å²) in [5, 5.41) is 12.7. The number of ether oxygens (including phenoxy) is 2. The van der Waals surface area contributed by atoms with E-state index in [-0.39, 0.29) is 12.5 Å². The van der Waals surface area contributed by atoms with E-state index in [0.717, 1.165) is 16.6 Å². The second kappa shape index (κ2) is 9.47. The largest absolute Gasteiger partial charge is 0.497 e. The molecule has 3 aromatic rings. The Morgan fingerprint density at radius 1 is 1.00 bits per heavy atom. The molecule has 3 rings (SSSR count). The summed E-state index contributed by atoms with van der Waals surface area (Å²) in [5.41, 5.74) is 1.46. The zero-order chi connectivity index (χ0) is 20.8. The second-order valence-corrected chi connectivity index (χ2v) is 8.05. The van der Waals surface area contributed by atoms with Gasteiger partial charge in [-0.2, -0.15) is 0 Å². The van der Waals surface area contributed by atoms with E-state index in [4.69, 9.17) is 9.47 Å². The Bertz CT molecular complexity index is 953. The predicted octanol–water partition coefficient (Wildman–Crippen LogP) is 3.72. The molecule has 1 N–H and O–H groups in total. The zero-order valence-corrected chi connectivity index (χ0v) is 17.7. The minimum Gasteiger partial charge on any atom is -0.497 e. The van der Waals surface area contributed by atoms with Crippen LogP contribution in [0.5, 0.6) is 11.5 Å². The second-order valence-electron chi connectivity index (χ2n) is 6.51. The SMILES string of the molecule is COc1ccc(C(=O)NCc2nnc(SC(C)C)n2-c2ccc(OC)cc2)cc1. The molecule has 152 valence electrons. The van der Waals surface area contributed by atoms with Crippen LogP contribution in [0.3, 0.4) is 0 Å². The Morgan fingerprint density at radius 3 is 2.14 bits per heavy atom. The predicted molar refractivity (Wildman–Crippen MR) is 113 cm³/mol. The highest BCUT2D eigenvalue weighted by atomic mass is 32.2. The van der Waals surface area contributed by atoms with Gasteiger partial charge in [-0.25, -0.2) is 0 Å². The normalized spacial score (nSPS) is 10.8. The molecule has 8 heteroatoms. The fourth-order valence-electron chi connectivity index (χ4n) is 2.70. The highest BCUT2D eigenvalue weighted by molar-refractivity contribution is 7.99. The molecule has 0 unspecified atom stereocenters. The summed E-state index contributed by atoms with van der Waals surface area (Å²) >= 11 is 1.62. The number of hydrogen-bond donors (Lipinski definition) is 1. The van der Waals surface area contributed by atoms with Crippen molar-refractivity contribution in [3.8, 4) is 17.2 Å². The fraction of sp³-hybridized carbons (Fsp3) is 0.286. The Labute approximate surface area is 174 Å². The number of aromatic nitrogens is 3. The van der Waals surface area contributed by atoms with Crippen molar-refractivity contribution in [3.63, 3.8) is 0 Å². The van der Waals surface area contributed by atoms with Crippen LogP contribution in [0.25, 0.3) is 5.69 Å². The number of hydrogen-bond acceptors (Lipinski definition) is 6. The first-order chi connectivity index (χ1) is 14.0. The average Bonchev–Trinajstić information content (AvgIpc) is 3.13. The zero-order valence-electron chi connectivity index (χ0n) is 16.9. The number of amides is 1. The molecule has 1 amide bonds. The van der Waals surface area contributed by atoms with Gasteiger partial charge in [0.15, 0.2) is 11.0 Å². The van der Waals surface area contributed by atoms with Crippen molar-refractivity contribution in [1.82, 2.24) is 20.1 Å². The highest BCUT2D eigenvalue weighted by Gasteiger charge is 2.17. The first kappa shape index (κ1) is 20.7. The summed E-state index contributed by atoms with van der Waals surface area (Å²) in [6.07, 6.45) is 0. The molecule has 7 nitrogen and oxygen atoms in total. The average molecular weight is 413 g/mol. The van der Waals surface area contributed by atoms with E-state index in [1.807, 2.05) is 28.8 Å². The minimum absolute atomic E-state index is 0.185. The fourth-order valence-corrected chi connectivity index (χ4v) is 3.52. The highest BCUT2D eigenvalue weighted by Crippen LogP contribution is 2.26. The van der Waals surface area contributed by atoms with Crippen LogP contribution < -0.4 is 14.8 Å². The van der Waals surface area contributed by atoms with E-state index >= 15 is 0 Å². The number of carbonyl (C=O) groups excluding carboxylic acids is 1. The van der Waals surface area contributed by atoms with Crippen molar-refractivity contribution >= 4 is 17.7 Å². The van der Waals surface area contributed by atoms with E-state index in [2.05, 4.69) is 29.4 Å². The number of thioether (sulfide) groups is 1. The maximum atomic E-state index is 12.5. The van der Waals surface area contributed by atoms with E-state index < -0.39 is 0 Å². The van der Waals surface area contributed by atoms with Gasteiger partial charge in [0.1, 0.15) is 11.5 Å². The molecule has 0 saturated carbocycles. The van der Waals surface area contributed by atoms with Gasteiger partial charge in [-0.05, 0) is 48.5 Å². The maximum absolute atomic E-state index is 12.5. The van der Waals surface area contributed by atoms with Gasteiger partial charge in [0.2, 0.25) is 0 Å². The quantitative estimate of drug-likeness (QED) is 0.568. The maximum Gasteiger partial charge on any atom is 0.251 e. The summed E-state index contributed by atoms with van der Waals surface area (Å²) < 4.78 is 12.3. The van der Waals surface area contributed by atoms with E-state index in [0.29, 0.717) is 22.4 Å². The van der Waals surface area contributed by atoms with Gasteiger partial charge >= 0.3 is 0 Å². The first-order valence-electron chi connectivity index (χ1n) is 9.19. The molecule has 0 aliphatic heterocycles. The Morgan fingerprint density at radius 2 is 1.59 bits per heavy atom. The Kier molecular flexibility index (Phi) is 6.77. The van der Waals surface area contributed by atoms with Gasteiger partial charge in [0.25, 0.3) is 5.91 Å². The third kappa shape index (κ3) is 5.08. The topological polar surface area (TPSA) is 78.3 Å². The van der Waals surface area contributed by atoms with Crippen LogP contribution in [-0.4, -0.2) is 40.1 Å². The van der Waals surface area contributed by atoms with E-state index in [1.54, 1.807) is 50.2 Å². The van der Waals surface area contributed by atoms with Crippen LogP contribution in [0.2, 0.25) is 0 Å². The van der Waals surface area contributed by atoms with Crippen molar-refractivity contribution in [1.29, 1.82) is 0 Å². The molecule has 0 spiro atoms. The molecule has 1 heterocycles. The lowest BCUT2D eigenvalue weighted by Crippen LogP contribution is -2.24. The van der Waals surface area contributed by atoms with Crippen molar-refractivity contribution < 1.29 is 14.3 Å². The van der Waals surface area contributed by atoms with Crippen molar-refractivity contribution in [2.75, 3.05) is 14.2 Å². The molecular formula is C21H24N4O3S. The number of rotatable bonds is 8. The molecule has 0 aliphatic carbocycles. The van der Waals surface area contributed by atoms with E-state index in [1.165, 1.54) is 0 Å². The third-order valence-corrected chi connectivity index (χ3v) is 5.08. The molecule has 1 aromatic heterocycles. The van der Waals surface area contributed by atoms with Gasteiger partial charge in [-0.3, -0.25) is 9.36 Å². The lowest BCUT2D eigenvalue weighted by Gasteiger charge is -2.12. The van der Waals surface area contributed by atoms with Gasteiger partial charge in [-0.1, -0.05) is 25.6 Å². The van der Waals surface area contributed by atoms with Crippen LogP contribution in [0.15, 0.2) is 53.7 Å². The summed E-state index contributed by atoms with van der Waals surface area (Å²) in [4.78, 5) is 12.5. The summed E-state index contributed by atoms with van der Waals surface area (Å²) in [7, 11) is 3.22. The minimum atomic E-state index is -0.185. The lowest BCUT2D eigenvalue weighted by molar-refractivity contribution is 0.0949. The lowest BCUT2D eigenvalue weighted by atomic mass is 10.2. The van der Waals surface area contributed by atoms with Gasteiger partial charge in [-0.15, -0.1) is 10.2 Å². The smallest absolute Gasteiger partial charge is 0.251 e. The number of nitrogens with zero attached hydrogens (tertiary/aromatic N) is 3. The number of methoxy groups -OCH3 is 2. The van der Waals surface area contributed by atoms with Crippen LogP contribution in [-0.2, 0) is 6.54 Å². The van der Waals surface area contributed by atoms with Crippen molar-refractivity contribution in [3.05, 3.63) is 59.9 Å². The molecule has 0 aliphatic rings. The van der Waals surface area contributed by atoms with Gasteiger partial charge in [0.05, 0.1) is 20.8 Å². The number of benzene rings is 2. The third-order valence-electron chi connectivity index (χ3n) is 4.13. The first-order valence-corrected chi connectivity index (χ1v) is 10.1. The molecule has 0 fully saturated rings.